The van der Waals surface area contributed by atoms with E-state index in [2.05, 4.69) is 26.6 Å². The average molecular weight is 374 g/mol. The van der Waals surface area contributed by atoms with Gasteiger partial charge in [0.15, 0.2) is 0 Å². The molecule has 23 heavy (non-hydrogen) atoms. The number of benzene rings is 2. The van der Waals surface area contributed by atoms with Crippen LogP contribution in [0.15, 0.2) is 53.0 Å². The van der Waals surface area contributed by atoms with Crippen LogP contribution in [0.25, 0.3) is 0 Å². The summed E-state index contributed by atoms with van der Waals surface area (Å²) in [4.78, 5) is 25.7. The summed E-state index contributed by atoms with van der Waals surface area (Å²) in [6.45, 7) is 1.42. The summed E-state index contributed by atoms with van der Waals surface area (Å²) in [6, 6.07) is 14.4. The van der Waals surface area contributed by atoms with E-state index in [4.69, 9.17) is 0 Å². The monoisotopic (exact) mass is 373 g/mol. The molecule has 2 aromatic carbocycles. The van der Waals surface area contributed by atoms with Gasteiger partial charge in [0.2, 0.25) is 0 Å². The van der Waals surface area contributed by atoms with E-state index >= 15 is 0 Å². The van der Waals surface area contributed by atoms with Crippen molar-refractivity contribution >= 4 is 39.2 Å². The average Bonchev–Trinajstić information content (AvgIpc) is 2.56. The molecule has 2 aromatic rings. The van der Waals surface area contributed by atoms with Crippen molar-refractivity contribution in [2.24, 2.45) is 0 Å². The normalized spacial score (nSPS) is 14.3. The molecule has 1 heterocycles. The van der Waals surface area contributed by atoms with Gasteiger partial charge >= 0.3 is 6.03 Å². The first kappa shape index (κ1) is 15.6. The first-order valence-corrected chi connectivity index (χ1v) is 8.15. The number of carbonyl (C=O) groups excluding carboxylic acids is 2. The molecule has 1 fully saturated rings. The second-order valence-corrected chi connectivity index (χ2v) is 6.16. The Morgan fingerprint density at radius 2 is 1.96 bits per heavy atom. The van der Waals surface area contributed by atoms with E-state index in [1.165, 1.54) is 0 Å². The molecule has 0 aromatic heterocycles. The largest absolute Gasteiger partial charge is 0.338 e. The molecule has 0 aliphatic carbocycles. The lowest BCUT2D eigenvalue weighted by atomic mass is 10.2. The van der Waals surface area contributed by atoms with Crippen LogP contribution in [0.1, 0.15) is 16.8 Å². The van der Waals surface area contributed by atoms with Crippen molar-refractivity contribution in [3.05, 3.63) is 58.6 Å². The lowest BCUT2D eigenvalue weighted by Crippen LogP contribution is -2.46. The lowest BCUT2D eigenvalue weighted by molar-refractivity contribution is 0.102. The number of anilines is 2. The molecule has 3 rings (SSSR count). The van der Waals surface area contributed by atoms with Crippen molar-refractivity contribution in [2.75, 3.05) is 23.3 Å². The maximum Gasteiger partial charge on any atom is 0.321 e. The molecule has 0 saturated carbocycles. The van der Waals surface area contributed by atoms with Crippen LogP contribution in [0, 0.1) is 0 Å². The summed E-state index contributed by atoms with van der Waals surface area (Å²) in [5.74, 6) is -0.172. The van der Waals surface area contributed by atoms with E-state index in [0.29, 0.717) is 17.8 Å². The van der Waals surface area contributed by atoms with Crippen LogP contribution in [0.4, 0.5) is 16.2 Å². The summed E-state index contributed by atoms with van der Waals surface area (Å²) in [7, 11) is 0. The number of hydrogen-bond acceptors (Lipinski definition) is 2. The third-order valence-electron chi connectivity index (χ3n) is 3.60. The van der Waals surface area contributed by atoms with Gasteiger partial charge in [0.05, 0.1) is 0 Å². The van der Waals surface area contributed by atoms with Gasteiger partial charge in [-0.3, -0.25) is 9.69 Å². The highest BCUT2D eigenvalue weighted by molar-refractivity contribution is 9.10. The highest BCUT2D eigenvalue weighted by atomic mass is 79.9. The Morgan fingerprint density at radius 3 is 2.65 bits per heavy atom. The third kappa shape index (κ3) is 3.71. The molecule has 0 spiro atoms. The van der Waals surface area contributed by atoms with Crippen LogP contribution in [-0.4, -0.2) is 25.0 Å². The quantitative estimate of drug-likeness (QED) is 0.862. The number of urea groups is 1. The van der Waals surface area contributed by atoms with Gasteiger partial charge in [0.25, 0.3) is 5.91 Å². The number of rotatable bonds is 3. The van der Waals surface area contributed by atoms with E-state index in [9.17, 15) is 9.59 Å². The zero-order valence-corrected chi connectivity index (χ0v) is 14.0. The minimum absolute atomic E-state index is 0.0813. The molecule has 0 unspecified atom stereocenters. The number of nitrogens with one attached hydrogen (secondary N) is 2. The van der Waals surface area contributed by atoms with Gasteiger partial charge in [-0.15, -0.1) is 0 Å². The van der Waals surface area contributed by atoms with E-state index in [0.717, 1.165) is 23.1 Å². The standard InChI is InChI=1S/C17H16BrN3O2/c18-13-4-1-3-12(11-13)16(22)20-14-5-7-15(8-6-14)21-10-2-9-19-17(21)23/h1,3-8,11H,2,9-10H2,(H,19,23)(H,20,22). The first-order chi connectivity index (χ1) is 11.1. The highest BCUT2D eigenvalue weighted by Gasteiger charge is 2.18. The smallest absolute Gasteiger partial charge is 0.321 e. The molecular weight excluding hydrogens is 358 g/mol. The minimum atomic E-state index is -0.172. The zero-order chi connectivity index (χ0) is 16.2. The number of amides is 3. The van der Waals surface area contributed by atoms with Crippen molar-refractivity contribution in [3.63, 3.8) is 0 Å². The zero-order valence-electron chi connectivity index (χ0n) is 12.4. The van der Waals surface area contributed by atoms with Crippen molar-refractivity contribution in [3.8, 4) is 0 Å². The third-order valence-corrected chi connectivity index (χ3v) is 4.10. The van der Waals surface area contributed by atoms with Crippen LogP contribution in [-0.2, 0) is 0 Å². The second kappa shape index (κ2) is 6.83. The van der Waals surface area contributed by atoms with Crippen LogP contribution in [0.2, 0.25) is 0 Å². The summed E-state index contributed by atoms with van der Waals surface area (Å²) in [6.07, 6.45) is 0.924. The number of nitrogens with zero attached hydrogens (tertiary/aromatic N) is 1. The van der Waals surface area contributed by atoms with Gasteiger partial charge in [0, 0.05) is 34.5 Å². The molecule has 0 radical (unpaired) electrons. The molecular formula is C17H16BrN3O2. The van der Waals surface area contributed by atoms with Gasteiger partial charge in [-0.25, -0.2) is 4.79 Å². The SMILES string of the molecule is O=C(Nc1ccc(N2CCCNC2=O)cc1)c1cccc(Br)c1. The lowest BCUT2D eigenvalue weighted by Gasteiger charge is -2.27. The Hall–Kier alpha value is -2.34. The van der Waals surface area contributed by atoms with E-state index in [1.54, 1.807) is 29.2 Å². The van der Waals surface area contributed by atoms with Crippen LogP contribution >= 0.6 is 15.9 Å². The fourth-order valence-electron chi connectivity index (χ4n) is 2.43. The Labute approximate surface area is 142 Å². The van der Waals surface area contributed by atoms with E-state index < -0.39 is 0 Å². The summed E-state index contributed by atoms with van der Waals surface area (Å²) >= 11 is 3.35. The van der Waals surface area contributed by atoms with Crippen LogP contribution in [0.3, 0.4) is 0 Å². The molecule has 3 amide bonds. The van der Waals surface area contributed by atoms with E-state index in [1.807, 2.05) is 24.3 Å². The summed E-state index contributed by atoms with van der Waals surface area (Å²) < 4.78 is 0.858. The van der Waals surface area contributed by atoms with E-state index in [-0.39, 0.29) is 11.9 Å². The molecule has 118 valence electrons. The van der Waals surface area contributed by atoms with Crippen LogP contribution in [0.5, 0.6) is 0 Å². The van der Waals surface area contributed by atoms with Gasteiger partial charge in [-0.05, 0) is 48.9 Å². The van der Waals surface area contributed by atoms with Gasteiger partial charge in [-0.1, -0.05) is 22.0 Å². The molecule has 2 N–H and O–H groups in total. The van der Waals surface area contributed by atoms with Crippen molar-refractivity contribution in [2.45, 2.75) is 6.42 Å². The predicted octanol–water partition coefficient (Wildman–Crippen LogP) is 3.62. The fourth-order valence-corrected chi connectivity index (χ4v) is 2.83. The Kier molecular flexibility index (Phi) is 4.62. The summed E-state index contributed by atoms with van der Waals surface area (Å²) in [5.41, 5.74) is 2.10. The molecule has 6 heteroatoms. The maximum atomic E-state index is 12.2. The second-order valence-electron chi connectivity index (χ2n) is 5.25. The molecule has 1 aliphatic heterocycles. The molecule has 0 atom stereocenters. The van der Waals surface area contributed by atoms with Crippen LogP contribution < -0.4 is 15.5 Å². The first-order valence-electron chi connectivity index (χ1n) is 7.36. The molecule has 1 saturated heterocycles. The maximum absolute atomic E-state index is 12.2. The van der Waals surface area contributed by atoms with Crippen molar-refractivity contribution in [1.82, 2.24) is 5.32 Å². The molecule has 0 bridgehead atoms. The summed E-state index contributed by atoms with van der Waals surface area (Å²) in [5, 5.41) is 5.66. The molecule has 5 nitrogen and oxygen atoms in total. The number of halogens is 1. The predicted molar refractivity (Wildman–Crippen MR) is 93.9 cm³/mol. The van der Waals surface area contributed by atoms with Gasteiger partial charge in [-0.2, -0.15) is 0 Å². The Bertz CT molecular complexity index is 731. The minimum Gasteiger partial charge on any atom is -0.338 e. The van der Waals surface area contributed by atoms with Gasteiger partial charge < -0.3 is 10.6 Å². The fraction of sp³-hybridized carbons (Fsp3) is 0.176. The van der Waals surface area contributed by atoms with Crippen molar-refractivity contribution < 1.29 is 9.59 Å². The van der Waals surface area contributed by atoms with Crippen molar-refractivity contribution in [1.29, 1.82) is 0 Å². The molecule has 1 aliphatic rings. The van der Waals surface area contributed by atoms with Gasteiger partial charge in [0.1, 0.15) is 0 Å². The Balaban J connectivity index is 1.70. The highest BCUT2D eigenvalue weighted by Crippen LogP contribution is 2.20. The number of carbonyl (C=O) groups is 2. The number of hydrogen-bond donors (Lipinski definition) is 2. The topological polar surface area (TPSA) is 61.4 Å². The Morgan fingerprint density at radius 1 is 1.17 bits per heavy atom.